The zero-order valence-electron chi connectivity index (χ0n) is 20.1. The highest BCUT2D eigenvalue weighted by Crippen LogP contribution is 2.32. The van der Waals surface area contributed by atoms with Gasteiger partial charge in [-0.3, -0.25) is 9.59 Å². The molecular formula is C29H27BrN2O4. The number of carboxylic acids is 1. The van der Waals surface area contributed by atoms with Crippen molar-refractivity contribution < 1.29 is 19.4 Å². The zero-order chi connectivity index (χ0) is 25.7. The molecule has 36 heavy (non-hydrogen) atoms. The van der Waals surface area contributed by atoms with Crippen molar-refractivity contribution in [3.05, 3.63) is 94.0 Å². The first-order valence-corrected chi connectivity index (χ1v) is 12.5. The van der Waals surface area contributed by atoms with E-state index in [0.717, 1.165) is 37.8 Å². The number of benzene rings is 3. The van der Waals surface area contributed by atoms with E-state index in [1.165, 1.54) is 0 Å². The second-order valence-electron chi connectivity index (χ2n) is 8.57. The highest BCUT2D eigenvalue weighted by molar-refractivity contribution is 9.10. The van der Waals surface area contributed by atoms with Crippen molar-refractivity contribution in [3.63, 3.8) is 0 Å². The zero-order valence-corrected chi connectivity index (χ0v) is 21.7. The average Bonchev–Trinajstić information content (AvgIpc) is 2.88. The fraction of sp³-hybridized carbons (Fsp3) is 0.207. The Balaban J connectivity index is 1.72. The van der Waals surface area contributed by atoms with Crippen molar-refractivity contribution in [1.29, 1.82) is 0 Å². The molecule has 0 unspecified atom stereocenters. The van der Waals surface area contributed by atoms with Gasteiger partial charge in [-0.25, -0.2) is 4.98 Å². The van der Waals surface area contributed by atoms with E-state index >= 15 is 0 Å². The molecule has 0 fully saturated rings. The van der Waals surface area contributed by atoms with E-state index in [1.807, 2.05) is 79.7 Å². The third kappa shape index (κ3) is 5.57. The number of para-hydroxylation sites is 1. The number of carbonyl (C=O) groups excluding carboxylic acids is 1. The summed E-state index contributed by atoms with van der Waals surface area (Å²) >= 11 is 3.52. The number of hydrogen-bond donors (Lipinski definition) is 2. The number of pyridine rings is 1. The maximum atomic E-state index is 13.7. The van der Waals surface area contributed by atoms with Crippen LogP contribution in [0.3, 0.4) is 0 Å². The predicted octanol–water partition coefficient (Wildman–Crippen LogP) is 6.36. The van der Waals surface area contributed by atoms with E-state index in [-0.39, 0.29) is 24.8 Å². The van der Waals surface area contributed by atoms with Crippen LogP contribution >= 0.6 is 15.9 Å². The van der Waals surface area contributed by atoms with E-state index in [4.69, 9.17) is 9.72 Å². The number of hydrogen-bond acceptors (Lipinski definition) is 4. The molecular weight excluding hydrogens is 520 g/mol. The predicted molar refractivity (Wildman–Crippen MR) is 145 cm³/mol. The molecule has 0 aliphatic rings. The Bertz CT molecular complexity index is 1410. The summed E-state index contributed by atoms with van der Waals surface area (Å²) in [5, 5.41) is 13.1. The molecule has 1 amide bonds. The Morgan fingerprint density at radius 1 is 1.06 bits per heavy atom. The number of aromatic nitrogens is 1. The molecule has 0 saturated heterocycles. The van der Waals surface area contributed by atoms with Gasteiger partial charge in [0.15, 0.2) is 0 Å². The van der Waals surface area contributed by atoms with Crippen LogP contribution in [0.15, 0.2) is 77.3 Å². The Morgan fingerprint density at radius 3 is 2.50 bits per heavy atom. The van der Waals surface area contributed by atoms with Crippen molar-refractivity contribution in [2.45, 2.75) is 25.7 Å². The van der Waals surface area contributed by atoms with E-state index < -0.39 is 5.97 Å². The molecule has 7 heteroatoms. The van der Waals surface area contributed by atoms with Crippen LogP contribution in [0.4, 0.5) is 0 Å². The summed E-state index contributed by atoms with van der Waals surface area (Å²) in [5.74, 6) is -0.669. The van der Waals surface area contributed by atoms with Gasteiger partial charge in [0, 0.05) is 34.3 Å². The van der Waals surface area contributed by atoms with Crippen LogP contribution in [0.25, 0.3) is 22.2 Å². The van der Waals surface area contributed by atoms with E-state index in [0.29, 0.717) is 17.7 Å². The molecule has 0 bridgehead atoms. The summed E-state index contributed by atoms with van der Waals surface area (Å²) < 4.78 is 6.36. The monoisotopic (exact) mass is 546 g/mol. The topological polar surface area (TPSA) is 88.5 Å². The molecule has 3 aromatic carbocycles. The standard InChI is InChI=1S/C29H27BrN2O4/c1-18-27(23-16-21(30)13-14-24(23)32-28(18)19-8-4-3-5-9-19)29(35)31-17-20(12-15-26(33)34)22-10-6-7-11-25(22)36-2/h3-11,13-14,16,20H,12,15,17H2,1-2H3,(H,31,35)(H,33,34)/t20-/m1/s1. The van der Waals surface area contributed by atoms with Gasteiger partial charge in [-0.15, -0.1) is 0 Å². The minimum absolute atomic E-state index is 0.0130. The first-order chi connectivity index (χ1) is 17.4. The minimum Gasteiger partial charge on any atom is -0.496 e. The van der Waals surface area contributed by atoms with Gasteiger partial charge >= 0.3 is 5.97 Å². The number of aliphatic carboxylic acids is 1. The molecule has 0 spiro atoms. The van der Waals surface area contributed by atoms with E-state index in [9.17, 15) is 14.7 Å². The number of amides is 1. The number of carbonyl (C=O) groups is 2. The molecule has 6 nitrogen and oxygen atoms in total. The van der Waals surface area contributed by atoms with Gasteiger partial charge in [-0.1, -0.05) is 64.5 Å². The summed E-state index contributed by atoms with van der Waals surface area (Å²) in [4.78, 5) is 29.9. The maximum absolute atomic E-state index is 13.7. The number of carboxylic acid groups (broad SMARTS) is 1. The lowest BCUT2D eigenvalue weighted by atomic mass is 9.92. The fourth-order valence-electron chi connectivity index (χ4n) is 4.47. The summed E-state index contributed by atoms with van der Waals surface area (Å²) in [6, 6.07) is 23.0. The molecule has 0 aliphatic heterocycles. The first kappa shape index (κ1) is 25.4. The maximum Gasteiger partial charge on any atom is 0.303 e. The number of ether oxygens (including phenoxy) is 1. The summed E-state index contributed by atoms with van der Waals surface area (Å²) in [6.45, 7) is 2.18. The first-order valence-electron chi connectivity index (χ1n) is 11.7. The normalized spacial score (nSPS) is 11.8. The molecule has 4 rings (SSSR count). The lowest BCUT2D eigenvalue weighted by Gasteiger charge is -2.21. The molecule has 4 aromatic rings. The third-order valence-electron chi connectivity index (χ3n) is 6.26. The van der Waals surface area contributed by atoms with Crippen LogP contribution in [0, 0.1) is 6.92 Å². The Morgan fingerprint density at radius 2 is 1.78 bits per heavy atom. The SMILES string of the molecule is COc1ccccc1[C@H](CCC(=O)O)CNC(=O)c1c(C)c(-c2ccccc2)nc2ccc(Br)cc12. The Hall–Kier alpha value is -3.71. The largest absolute Gasteiger partial charge is 0.496 e. The molecule has 0 aliphatic carbocycles. The quantitative estimate of drug-likeness (QED) is 0.255. The minimum atomic E-state index is -0.880. The van der Waals surface area contributed by atoms with Crippen LogP contribution in [-0.4, -0.2) is 35.6 Å². The van der Waals surface area contributed by atoms with Crippen molar-refractivity contribution >= 4 is 38.7 Å². The van der Waals surface area contributed by atoms with Crippen LogP contribution in [0.2, 0.25) is 0 Å². The molecule has 1 heterocycles. The molecule has 2 N–H and O–H groups in total. The van der Waals surface area contributed by atoms with Crippen molar-refractivity contribution in [2.75, 3.05) is 13.7 Å². The number of fused-ring (bicyclic) bond motifs is 1. The molecule has 1 atom stereocenters. The average molecular weight is 547 g/mol. The Labute approximate surface area is 218 Å². The van der Waals surface area contributed by atoms with Gasteiger partial charge in [0.1, 0.15) is 5.75 Å². The van der Waals surface area contributed by atoms with Gasteiger partial charge in [0.05, 0.1) is 23.9 Å². The van der Waals surface area contributed by atoms with Gasteiger partial charge < -0.3 is 15.2 Å². The van der Waals surface area contributed by atoms with E-state index in [1.54, 1.807) is 7.11 Å². The second kappa shape index (κ2) is 11.4. The number of halogens is 1. The van der Waals surface area contributed by atoms with Gasteiger partial charge in [-0.2, -0.15) is 0 Å². The third-order valence-corrected chi connectivity index (χ3v) is 6.75. The number of nitrogens with zero attached hydrogens (tertiary/aromatic N) is 1. The molecule has 0 radical (unpaired) electrons. The lowest BCUT2D eigenvalue weighted by Crippen LogP contribution is -2.30. The number of methoxy groups -OCH3 is 1. The summed E-state index contributed by atoms with van der Waals surface area (Å²) in [6.07, 6.45) is 0.355. The van der Waals surface area contributed by atoms with Gasteiger partial charge in [0.25, 0.3) is 5.91 Å². The van der Waals surface area contributed by atoms with Crippen LogP contribution < -0.4 is 10.1 Å². The highest BCUT2D eigenvalue weighted by atomic mass is 79.9. The van der Waals surface area contributed by atoms with Crippen LogP contribution in [-0.2, 0) is 4.79 Å². The summed E-state index contributed by atoms with van der Waals surface area (Å²) in [5.41, 5.74) is 4.61. The van der Waals surface area contributed by atoms with Crippen LogP contribution in [0.1, 0.15) is 40.2 Å². The van der Waals surface area contributed by atoms with Gasteiger partial charge in [0.2, 0.25) is 0 Å². The number of rotatable bonds is 9. The summed E-state index contributed by atoms with van der Waals surface area (Å²) in [7, 11) is 1.58. The van der Waals surface area contributed by atoms with E-state index in [2.05, 4.69) is 21.2 Å². The van der Waals surface area contributed by atoms with Crippen molar-refractivity contribution in [1.82, 2.24) is 10.3 Å². The van der Waals surface area contributed by atoms with Crippen molar-refractivity contribution in [2.24, 2.45) is 0 Å². The molecule has 0 saturated carbocycles. The van der Waals surface area contributed by atoms with Crippen molar-refractivity contribution in [3.8, 4) is 17.0 Å². The lowest BCUT2D eigenvalue weighted by molar-refractivity contribution is -0.137. The van der Waals surface area contributed by atoms with Crippen LogP contribution in [0.5, 0.6) is 5.75 Å². The molecule has 1 aromatic heterocycles. The number of nitrogens with one attached hydrogen (secondary N) is 1. The smallest absolute Gasteiger partial charge is 0.303 e. The fourth-order valence-corrected chi connectivity index (χ4v) is 4.83. The Kier molecular flexibility index (Phi) is 8.00. The second-order valence-corrected chi connectivity index (χ2v) is 9.48. The molecule has 184 valence electrons. The van der Waals surface area contributed by atoms with Gasteiger partial charge in [-0.05, 0) is 48.7 Å². The highest BCUT2D eigenvalue weighted by Gasteiger charge is 2.22.